The summed E-state index contributed by atoms with van der Waals surface area (Å²) in [6.45, 7) is 9.34. The molecule has 0 aliphatic carbocycles. The molecule has 0 spiro atoms. The first-order chi connectivity index (χ1) is 14.4. The molecule has 0 bridgehead atoms. The van der Waals surface area contributed by atoms with Crippen LogP contribution in [0.4, 0.5) is 5.69 Å². The third-order valence-corrected chi connectivity index (χ3v) is 4.96. The predicted octanol–water partition coefficient (Wildman–Crippen LogP) is 3.98. The highest BCUT2D eigenvalue weighted by atomic mass is 16.5. The van der Waals surface area contributed by atoms with Crippen molar-refractivity contribution in [2.24, 2.45) is 0 Å². The van der Waals surface area contributed by atoms with Crippen molar-refractivity contribution in [3.05, 3.63) is 69.6 Å². The van der Waals surface area contributed by atoms with E-state index in [-0.39, 0.29) is 18.1 Å². The molecule has 1 N–H and O–H groups in total. The maximum absolute atomic E-state index is 12.7. The number of nitrogens with zero attached hydrogens (tertiary/aromatic N) is 1. The van der Waals surface area contributed by atoms with E-state index < -0.39 is 0 Å². The molecule has 30 heavy (non-hydrogen) atoms. The van der Waals surface area contributed by atoms with Crippen molar-refractivity contribution in [1.82, 2.24) is 4.57 Å². The molecule has 0 saturated heterocycles. The molecule has 158 valence electrons. The van der Waals surface area contributed by atoms with Crippen LogP contribution >= 0.6 is 0 Å². The molecule has 0 radical (unpaired) electrons. The summed E-state index contributed by atoms with van der Waals surface area (Å²) < 4.78 is 12.7. The van der Waals surface area contributed by atoms with Crippen LogP contribution < -0.4 is 15.6 Å². The number of carbonyl (C=O) groups is 1. The number of hydrogen-bond acceptors (Lipinski definition) is 4. The molecule has 2 aromatic carbocycles. The van der Waals surface area contributed by atoms with Gasteiger partial charge in [0.15, 0.2) is 6.61 Å². The zero-order valence-corrected chi connectivity index (χ0v) is 18.0. The largest absolute Gasteiger partial charge is 0.483 e. The van der Waals surface area contributed by atoms with Gasteiger partial charge in [-0.3, -0.25) is 9.59 Å². The van der Waals surface area contributed by atoms with Crippen molar-refractivity contribution in [3.63, 3.8) is 0 Å². The van der Waals surface area contributed by atoms with Gasteiger partial charge in [-0.25, -0.2) is 0 Å². The summed E-state index contributed by atoms with van der Waals surface area (Å²) in [7, 11) is 0. The third-order valence-electron chi connectivity index (χ3n) is 4.96. The minimum Gasteiger partial charge on any atom is -0.483 e. The minimum absolute atomic E-state index is 0.104. The number of pyridine rings is 1. The Morgan fingerprint density at radius 3 is 2.50 bits per heavy atom. The van der Waals surface area contributed by atoms with Crippen LogP contribution in [0.1, 0.15) is 23.6 Å². The van der Waals surface area contributed by atoms with Gasteiger partial charge in [-0.15, -0.1) is 0 Å². The van der Waals surface area contributed by atoms with Crippen LogP contribution in [0.25, 0.3) is 10.8 Å². The van der Waals surface area contributed by atoms with Crippen molar-refractivity contribution >= 4 is 22.4 Å². The molecule has 1 aromatic heterocycles. The molecule has 6 nitrogen and oxygen atoms in total. The van der Waals surface area contributed by atoms with E-state index in [0.717, 1.165) is 22.4 Å². The summed E-state index contributed by atoms with van der Waals surface area (Å²) in [6.07, 6.45) is 1.73. The maximum Gasteiger partial charge on any atom is 0.262 e. The first-order valence-electron chi connectivity index (χ1n) is 10.1. The predicted molar refractivity (Wildman–Crippen MR) is 119 cm³/mol. The number of ether oxygens (including phenoxy) is 2. The number of hydrogen-bond donors (Lipinski definition) is 1. The van der Waals surface area contributed by atoms with Gasteiger partial charge >= 0.3 is 0 Å². The molecule has 1 amide bonds. The van der Waals surface area contributed by atoms with E-state index in [9.17, 15) is 9.59 Å². The van der Waals surface area contributed by atoms with Gasteiger partial charge < -0.3 is 19.4 Å². The fourth-order valence-electron chi connectivity index (χ4n) is 3.59. The van der Waals surface area contributed by atoms with Gasteiger partial charge in [-0.05, 0) is 57.0 Å². The summed E-state index contributed by atoms with van der Waals surface area (Å²) in [5.41, 5.74) is 3.89. The van der Waals surface area contributed by atoms with Gasteiger partial charge in [-0.2, -0.15) is 0 Å². The highest BCUT2D eigenvalue weighted by molar-refractivity contribution is 5.94. The number of amides is 1. The standard InChI is InChI=1S/C24H28N2O4/c1-5-29-12-11-26-10-9-19-20(24(26)28)7-6-8-21(19)30-15-22(27)25-23-17(3)13-16(2)14-18(23)4/h6-10,13-14H,5,11-12,15H2,1-4H3,(H,25,27). The lowest BCUT2D eigenvalue weighted by atomic mass is 10.1. The number of nitrogens with one attached hydrogen (secondary N) is 1. The molecule has 0 atom stereocenters. The van der Waals surface area contributed by atoms with Gasteiger partial charge in [0, 0.05) is 30.4 Å². The van der Waals surface area contributed by atoms with Crippen LogP contribution in [-0.4, -0.2) is 30.3 Å². The Labute approximate surface area is 176 Å². The van der Waals surface area contributed by atoms with E-state index >= 15 is 0 Å². The first-order valence-corrected chi connectivity index (χ1v) is 10.1. The molecule has 6 heteroatoms. The van der Waals surface area contributed by atoms with Gasteiger partial charge in [0.2, 0.25) is 0 Å². The van der Waals surface area contributed by atoms with Gasteiger partial charge in [0.25, 0.3) is 11.5 Å². The van der Waals surface area contributed by atoms with Gasteiger partial charge in [0.05, 0.1) is 12.0 Å². The summed E-state index contributed by atoms with van der Waals surface area (Å²) >= 11 is 0. The van der Waals surface area contributed by atoms with Crippen molar-refractivity contribution in [1.29, 1.82) is 0 Å². The number of aromatic nitrogens is 1. The molecule has 0 saturated carbocycles. The fraction of sp³-hybridized carbons (Fsp3) is 0.333. The Balaban J connectivity index is 1.74. The van der Waals surface area contributed by atoms with E-state index in [1.807, 2.05) is 45.9 Å². The second kappa shape index (κ2) is 9.59. The average molecular weight is 408 g/mol. The van der Waals surface area contributed by atoms with Crippen molar-refractivity contribution in [2.45, 2.75) is 34.2 Å². The van der Waals surface area contributed by atoms with Crippen molar-refractivity contribution < 1.29 is 14.3 Å². The molecule has 0 unspecified atom stereocenters. The Kier molecular flexibility index (Phi) is 6.90. The highest BCUT2D eigenvalue weighted by Gasteiger charge is 2.12. The molecular weight excluding hydrogens is 380 g/mol. The Morgan fingerprint density at radius 1 is 1.07 bits per heavy atom. The summed E-state index contributed by atoms with van der Waals surface area (Å²) in [4.78, 5) is 25.2. The third kappa shape index (κ3) is 4.89. The zero-order chi connectivity index (χ0) is 21.7. The van der Waals surface area contributed by atoms with E-state index in [2.05, 4.69) is 5.32 Å². The van der Waals surface area contributed by atoms with E-state index in [1.54, 1.807) is 29.0 Å². The molecular formula is C24H28N2O4. The topological polar surface area (TPSA) is 69.6 Å². The van der Waals surface area contributed by atoms with Gasteiger partial charge in [-0.1, -0.05) is 23.8 Å². The Bertz CT molecular complexity index is 1090. The molecule has 3 aromatic rings. The minimum atomic E-state index is -0.243. The van der Waals surface area contributed by atoms with Crippen LogP contribution in [0.15, 0.2) is 47.4 Å². The van der Waals surface area contributed by atoms with E-state index in [4.69, 9.17) is 9.47 Å². The maximum atomic E-state index is 12.7. The van der Waals surface area contributed by atoms with Gasteiger partial charge in [0.1, 0.15) is 5.75 Å². The number of benzene rings is 2. The molecule has 0 fully saturated rings. The smallest absolute Gasteiger partial charge is 0.262 e. The second-order valence-corrected chi connectivity index (χ2v) is 7.34. The van der Waals surface area contributed by atoms with Crippen LogP contribution in [0.2, 0.25) is 0 Å². The Hall–Kier alpha value is -3.12. The molecule has 3 rings (SSSR count). The number of rotatable bonds is 8. The van der Waals surface area contributed by atoms with E-state index in [0.29, 0.717) is 36.3 Å². The lowest BCUT2D eigenvalue weighted by molar-refractivity contribution is -0.118. The monoisotopic (exact) mass is 408 g/mol. The summed E-state index contributed by atoms with van der Waals surface area (Å²) in [5.74, 6) is 0.265. The lowest BCUT2D eigenvalue weighted by Gasteiger charge is -2.14. The Morgan fingerprint density at radius 2 is 1.80 bits per heavy atom. The van der Waals surface area contributed by atoms with Crippen LogP contribution in [0, 0.1) is 20.8 Å². The SMILES string of the molecule is CCOCCn1ccc2c(OCC(=O)Nc3c(C)cc(C)cc3C)cccc2c1=O. The molecule has 0 aliphatic rings. The average Bonchev–Trinajstić information content (AvgIpc) is 2.71. The van der Waals surface area contributed by atoms with E-state index in [1.165, 1.54) is 0 Å². The normalized spacial score (nSPS) is 10.9. The van der Waals surface area contributed by atoms with Crippen LogP contribution in [0.5, 0.6) is 5.75 Å². The van der Waals surface area contributed by atoms with Crippen molar-refractivity contribution in [3.8, 4) is 5.75 Å². The second-order valence-electron chi connectivity index (χ2n) is 7.34. The zero-order valence-electron chi connectivity index (χ0n) is 18.0. The first kappa shape index (κ1) is 21.6. The number of carbonyl (C=O) groups excluding carboxylic acids is 1. The summed E-state index contributed by atoms with van der Waals surface area (Å²) in [5, 5.41) is 4.17. The lowest BCUT2D eigenvalue weighted by Crippen LogP contribution is -2.23. The number of aryl methyl sites for hydroxylation is 3. The molecule has 1 heterocycles. The highest BCUT2D eigenvalue weighted by Crippen LogP contribution is 2.24. The number of fused-ring (bicyclic) bond motifs is 1. The summed E-state index contributed by atoms with van der Waals surface area (Å²) in [6, 6.07) is 11.2. The van der Waals surface area contributed by atoms with Crippen LogP contribution in [-0.2, 0) is 16.1 Å². The number of anilines is 1. The fourth-order valence-corrected chi connectivity index (χ4v) is 3.59. The van der Waals surface area contributed by atoms with Crippen molar-refractivity contribution in [2.75, 3.05) is 25.1 Å². The molecule has 0 aliphatic heterocycles. The van der Waals surface area contributed by atoms with Crippen LogP contribution in [0.3, 0.4) is 0 Å². The quantitative estimate of drug-likeness (QED) is 0.573.